The van der Waals surface area contributed by atoms with Gasteiger partial charge in [0, 0.05) is 17.5 Å². The maximum absolute atomic E-state index is 12.2. The Morgan fingerprint density at radius 3 is 2.08 bits per heavy atom. The molecule has 0 bridgehead atoms. The van der Waals surface area contributed by atoms with E-state index in [0.717, 1.165) is 0 Å². The molecule has 0 atom stereocenters. The highest BCUT2D eigenvalue weighted by molar-refractivity contribution is 6.03. The van der Waals surface area contributed by atoms with E-state index in [1.807, 2.05) is 0 Å². The number of benzene rings is 1. The quantitative estimate of drug-likeness (QED) is 0.756. The molecule has 0 heterocycles. The van der Waals surface area contributed by atoms with Gasteiger partial charge in [-0.15, -0.1) is 0 Å². The van der Waals surface area contributed by atoms with Gasteiger partial charge in [-0.1, -0.05) is 20.8 Å². The number of rotatable bonds is 6. The van der Waals surface area contributed by atoms with E-state index in [9.17, 15) is 14.4 Å². The van der Waals surface area contributed by atoms with Crippen LogP contribution in [0.2, 0.25) is 0 Å². The molecule has 0 saturated heterocycles. The van der Waals surface area contributed by atoms with Crippen molar-refractivity contribution in [1.29, 1.82) is 0 Å². The molecule has 24 heavy (non-hydrogen) atoms. The van der Waals surface area contributed by atoms with E-state index in [1.54, 1.807) is 20.8 Å². The summed E-state index contributed by atoms with van der Waals surface area (Å²) in [6, 6.07) is 2.81. The number of nitrogens with one attached hydrogen (secondary N) is 1. The molecule has 0 aliphatic carbocycles. The predicted molar refractivity (Wildman–Crippen MR) is 87.1 cm³/mol. The largest absolute Gasteiger partial charge is 0.493 e. The number of hydrogen-bond donors (Lipinski definition) is 2. The van der Waals surface area contributed by atoms with Crippen molar-refractivity contribution in [2.45, 2.75) is 20.8 Å². The Bertz CT molecular complexity index is 649. The average Bonchev–Trinajstić information content (AvgIpc) is 2.50. The number of esters is 1. The lowest BCUT2D eigenvalue weighted by atomic mass is 9.95. The Morgan fingerprint density at radius 1 is 1.08 bits per heavy atom. The number of amides is 2. The van der Waals surface area contributed by atoms with Crippen LogP contribution in [-0.2, 0) is 14.3 Å². The maximum atomic E-state index is 12.2. The smallest absolute Gasteiger partial charge is 0.340 e. The standard InChI is InChI=1S/C16H22N2O6/c1-16(2,3)15(21)18-10-7-12(23-5)11(22-4)6-9(10)14(20)24-8-13(17)19/h6-7H,8H2,1-5H3,(H2,17,19)(H,18,21). The molecule has 0 unspecified atom stereocenters. The summed E-state index contributed by atoms with van der Waals surface area (Å²) in [7, 11) is 2.84. The van der Waals surface area contributed by atoms with Gasteiger partial charge in [0.1, 0.15) is 0 Å². The summed E-state index contributed by atoms with van der Waals surface area (Å²) in [5.41, 5.74) is 4.49. The molecular weight excluding hydrogens is 316 g/mol. The summed E-state index contributed by atoms with van der Waals surface area (Å²) in [5, 5.41) is 2.65. The second-order valence-corrected chi connectivity index (χ2v) is 6.00. The first kappa shape index (κ1) is 19.3. The van der Waals surface area contributed by atoms with E-state index >= 15 is 0 Å². The first-order valence-corrected chi connectivity index (χ1v) is 7.13. The van der Waals surface area contributed by atoms with Crippen LogP contribution in [0.1, 0.15) is 31.1 Å². The third kappa shape index (κ3) is 4.87. The van der Waals surface area contributed by atoms with E-state index in [0.29, 0.717) is 5.75 Å². The van der Waals surface area contributed by atoms with E-state index in [4.69, 9.17) is 19.9 Å². The molecule has 0 fully saturated rings. The SMILES string of the molecule is COc1cc(NC(=O)C(C)(C)C)c(C(=O)OCC(N)=O)cc1OC. The van der Waals surface area contributed by atoms with E-state index in [-0.39, 0.29) is 22.9 Å². The fraction of sp³-hybridized carbons (Fsp3) is 0.438. The number of primary amides is 1. The first-order chi connectivity index (χ1) is 11.1. The Hall–Kier alpha value is -2.77. The highest BCUT2D eigenvalue weighted by atomic mass is 16.5. The van der Waals surface area contributed by atoms with Crippen LogP contribution < -0.4 is 20.5 Å². The van der Waals surface area contributed by atoms with Gasteiger partial charge in [-0.2, -0.15) is 0 Å². The minimum Gasteiger partial charge on any atom is -0.493 e. The van der Waals surface area contributed by atoms with E-state index in [2.05, 4.69) is 5.32 Å². The topological polar surface area (TPSA) is 117 Å². The summed E-state index contributed by atoms with van der Waals surface area (Å²) >= 11 is 0. The van der Waals surface area contributed by atoms with Gasteiger partial charge >= 0.3 is 5.97 Å². The summed E-state index contributed by atoms with van der Waals surface area (Å²) in [6.45, 7) is 4.62. The lowest BCUT2D eigenvalue weighted by molar-refractivity contribution is -0.123. The molecule has 1 rings (SSSR count). The number of anilines is 1. The molecule has 0 spiro atoms. The molecule has 0 saturated carbocycles. The Morgan fingerprint density at radius 2 is 1.62 bits per heavy atom. The highest BCUT2D eigenvalue weighted by Gasteiger charge is 2.25. The zero-order valence-electron chi connectivity index (χ0n) is 14.4. The lowest BCUT2D eigenvalue weighted by Gasteiger charge is -2.20. The number of ether oxygens (including phenoxy) is 3. The first-order valence-electron chi connectivity index (χ1n) is 7.13. The molecule has 3 N–H and O–H groups in total. The number of hydrogen-bond acceptors (Lipinski definition) is 6. The monoisotopic (exact) mass is 338 g/mol. The molecule has 1 aromatic carbocycles. The minimum atomic E-state index is -0.820. The van der Waals surface area contributed by atoms with Gasteiger partial charge in [0.2, 0.25) is 5.91 Å². The molecule has 8 heteroatoms. The Kier molecular flexibility index (Phi) is 6.16. The molecule has 0 aromatic heterocycles. The number of carbonyl (C=O) groups excluding carboxylic acids is 3. The minimum absolute atomic E-state index is 0.0199. The Labute approximate surface area is 140 Å². The summed E-state index contributed by atoms with van der Waals surface area (Å²) in [5.74, 6) is -1.31. The van der Waals surface area contributed by atoms with Crippen LogP contribution in [0.15, 0.2) is 12.1 Å². The normalized spacial score (nSPS) is 10.7. The third-order valence-electron chi connectivity index (χ3n) is 3.02. The Balaban J connectivity index is 3.29. The van der Waals surface area contributed by atoms with Crippen molar-refractivity contribution in [2.75, 3.05) is 26.1 Å². The van der Waals surface area contributed by atoms with Crippen LogP contribution in [0.25, 0.3) is 0 Å². The highest BCUT2D eigenvalue weighted by Crippen LogP contribution is 2.34. The van der Waals surface area contributed by atoms with Gasteiger partial charge in [-0.05, 0) is 0 Å². The molecular formula is C16H22N2O6. The lowest BCUT2D eigenvalue weighted by Crippen LogP contribution is -2.29. The zero-order chi connectivity index (χ0) is 18.5. The number of nitrogens with two attached hydrogens (primary N) is 1. The maximum Gasteiger partial charge on any atom is 0.340 e. The van der Waals surface area contributed by atoms with Crippen molar-refractivity contribution in [1.82, 2.24) is 0 Å². The van der Waals surface area contributed by atoms with E-state index in [1.165, 1.54) is 26.4 Å². The van der Waals surface area contributed by atoms with Crippen molar-refractivity contribution < 1.29 is 28.6 Å². The van der Waals surface area contributed by atoms with Crippen molar-refractivity contribution in [3.63, 3.8) is 0 Å². The second kappa shape index (κ2) is 7.67. The summed E-state index contributed by atoms with van der Waals surface area (Å²) in [6.07, 6.45) is 0. The van der Waals surface area contributed by atoms with Gasteiger partial charge < -0.3 is 25.3 Å². The van der Waals surface area contributed by atoms with Crippen LogP contribution in [0.3, 0.4) is 0 Å². The fourth-order valence-electron chi connectivity index (χ4n) is 1.68. The van der Waals surface area contributed by atoms with Crippen LogP contribution >= 0.6 is 0 Å². The second-order valence-electron chi connectivity index (χ2n) is 6.00. The molecule has 1 aromatic rings. The summed E-state index contributed by atoms with van der Waals surface area (Å²) in [4.78, 5) is 35.2. The number of carbonyl (C=O) groups is 3. The van der Waals surface area contributed by atoms with E-state index < -0.39 is 23.9 Å². The van der Waals surface area contributed by atoms with Crippen molar-refractivity contribution in [3.05, 3.63) is 17.7 Å². The van der Waals surface area contributed by atoms with Crippen LogP contribution in [0.4, 0.5) is 5.69 Å². The van der Waals surface area contributed by atoms with Gasteiger partial charge in [0.05, 0.1) is 25.5 Å². The molecule has 0 aliphatic rings. The van der Waals surface area contributed by atoms with Gasteiger partial charge in [0.15, 0.2) is 18.1 Å². The predicted octanol–water partition coefficient (Wildman–Crippen LogP) is 1.33. The fourth-order valence-corrected chi connectivity index (χ4v) is 1.68. The van der Waals surface area contributed by atoms with Crippen LogP contribution in [-0.4, -0.2) is 38.6 Å². The molecule has 0 radical (unpaired) electrons. The van der Waals surface area contributed by atoms with Crippen molar-refractivity contribution in [2.24, 2.45) is 11.1 Å². The zero-order valence-corrected chi connectivity index (χ0v) is 14.4. The molecule has 132 valence electrons. The van der Waals surface area contributed by atoms with Gasteiger partial charge in [-0.25, -0.2) is 4.79 Å². The number of methoxy groups -OCH3 is 2. The van der Waals surface area contributed by atoms with Crippen LogP contribution in [0, 0.1) is 5.41 Å². The summed E-state index contributed by atoms with van der Waals surface area (Å²) < 4.78 is 15.1. The van der Waals surface area contributed by atoms with Gasteiger partial charge in [0.25, 0.3) is 5.91 Å². The molecule has 0 aliphatic heterocycles. The van der Waals surface area contributed by atoms with Crippen LogP contribution in [0.5, 0.6) is 11.5 Å². The van der Waals surface area contributed by atoms with Gasteiger partial charge in [-0.3, -0.25) is 9.59 Å². The van der Waals surface area contributed by atoms with Crippen molar-refractivity contribution in [3.8, 4) is 11.5 Å². The molecule has 2 amide bonds. The molecule has 8 nitrogen and oxygen atoms in total. The third-order valence-corrected chi connectivity index (χ3v) is 3.02. The average molecular weight is 338 g/mol. The van der Waals surface area contributed by atoms with Crippen molar-refractivity contribution >= 4 is 23.5 Å².